The zero-order valence-corrected chi connectivity index (χ0v) is 7.72. The molecule has 0 aromatic carbocycles. The Labute approximate surface area is 81.2 Å². The van der Waals surface area contributed by atoms with Crippen molar-refractivity contribution in [2.24, 2.45) is 5.73 Å². The SMILES string of the molecule is NCCCc1nnc2c(O)cccn12. The average Bonchev–Trinajstić information content (AvgIpc) is 2.60. The summed E-state index contributed by atoms with van der Waals surface area (Å²) in [4.78, 5) is 0. The minimum Gasteiger partial charge on any atom is -0.504 e. The van der Waals surface area contributed by atoms with Crippen LogP contribution in [0.15, 0.2) is 18.3 Å². The molecule has 0 bridgehead atoms. The zero-order chi connectivity index (χ0) is 9.97. The molecule has 0 aliphatic carbocycles. The lowest BCUT2D eigenvalue weighted by Crippen LogP contribution is -2.02. The minimum atomic E-state index is 0.152. The maximum Gasteiger partial charge on any atom is 0.203 e. The van der Waals surface area contributed by atoms with E-state index in [2.05, 4.69) is 10.2 Å². The normalized spacial score (nSPS) is 10.9. The van der Waals surface area contributed by atoms with Gasteiger partial charge in [-0.2, -0.15) is 0 Å². The number of pyridine rings is 1. The van der Waals surface area contributed by atoms with Crippen LogP contribution in [-0.4, -0.2) is 26.2 Å². The van der Waals surface area contributed by atoms with Crippen LogP contribution in [0, 0.1) is 0 Å². The molecule has 3 N–H and O–H groups in total. The van der Waals surface area contributed by atoms with Gasteiger partial charge in [-0.1, -0.05) is 0 Å². The Morgan fingerprint density at radius 2 is 2.29 bits per heavy atom. The van der Waals surface area contributed by atoms with Crippen LogP contribution in [-0.2, 0) is 6.42 Å². The van der Waals surface area contributed by atoms with Crippen molar-refractivity contribution in [3.05, 3.63) is 24.2 Å². The molecular weight excluding hydrogens is 180 g/mol. The van der Waals surface area contributed by atoms with Crippen LogP contribution in [0.1, 0.15) is 12.2 Å². The van der Waals surface area contributed by atoms with E-state index in [1.54, 1.807) is 16.5 Å². The quantitative estimate of drug-likeness (QED) is 0.734. The Balaban J connectivity index is 2.42. The Kier molecular flexibility index (Phi) is 2.32. The van der Waals surface area contributed by atoms with Gasteiger partial charge >= 0.3 is 0 Å². The van der Waals surface area contributed by atoms with E-state index in [0.717, 1.165) is 18.7 Å². The Morgan fingerprint density at radius 3 is 3.07 bits per heavy atom. The fourth-order valence-corrected chi connectivity index (χ4v) is 1.38. The van der Waals surface area contributed by atoms with E-state index in [1.165, 1.54) is 0 Å². The molecule has 0 saturated carbocycles. The van der Waals surface area contributed by atoms with Crippen LogP contribution in [0.25, 0.3) is 5.65 Å². The van der Waals surface area contributed by atoms with Crippen LogP contribution in [0.2, 0.25) is 0 Å². The Hall–Kier alpha value is -1.62. The summed E-state index contributed by atoms with van der Waals surface area (Å²) >= 11 is 0. The fraction of sp³-hybridized carbons (Fsp3) is 0.333. The lowest BCUT2D eigenvalue weighted by molar-refractivity contribution is 0.477. The van der Waals surface area contributed by atoms with Crippen LogP contribution < -0.4 is 5.73 Å². The van der Waals surface area contributed by atoms with Gasteiger partial charge in [-0.3, -0.25) is 4.40 Å². The summed E-state index contributed by atoms with van der Waals surface area (Å²) in [6, 6.07) is 3.36. The summed E-state index contributed by atoms with van der Waals surface area (Å²) in [6.45, 7) is 0.633. The van der Waals surface area contributed by atoms with Gasteiger partial charge < -0.3 is 10.8 Å². The molecule has 2 aromatic rings. The van der Waals surface area contributed by atoms with Gasteiger partial charge in [-0.25, -0.2) is 0 Å². The number of nitrogens with two attached hydrogens (primary N) is 1. The minimum absolute atomic E-state index is 0.152. The van der Waals surface area contributed by atoms with E-state index in [0.29, 0.717) is 12.2 Å². The van der Waals surface area contributed by atoms with Crippen LogP contribution in [0.4, 0.5) is 0 Å². The van der Waals surface area contributed by atoms with Crippen molar-refractivity contribution in [1.29, 1.82) is 0 Å². The van der Waals surface area contributed by atoms with Gasteiger partial charge in [0.15, 0.2) is 5.75 Å². The molecule has 2 heterocycles. The lowest BCUT2D eigenvalue weighted by Gasteiger charge is -1.98. The van der Waals surface area contributed by atoms with E-state index in [4.69, 9.17) is 5.73 Å². The summed E-state index contributed by atoms with van der Waals surface area (Å²) in [5.74, 6) is 0.986. The third-order valence-corrected chi connectivity index (χ3v) is 2.09. The predicted octanol–water partition coefficient (Wildman–Crippen LogP) is 0.326. The second-order valence-corrected chi connectivity index (χ2v) is 3.10. The van der Waals surface area contributed by atoms with Crippen molar-refractivity contribution in [2.45, 2.75) is 12.8 Å². The molecular formula is C9H12N4O. The van der Waals surface area contributed by atoms with Crippen LogP contribution >= 0.6 is 0 Å². The van der Waals surface area contributed by atoms with Crippen molar-refractivity contribution in [1.82, 2.24) is 14.6 Å². The number of aromatic hydroxyl groups is 1. The second kappa shape index (κ2) is 3.63. The second-order valence-electron chi connectivity index (χ2n) is 3.10. The molecule has 0 aliphatic rings. The van der Waals surface area contributed by atoms with Gasteiger partial charge in [-0.15, -0.1) is 10.2 Å². The van der Waals surface area contributed by atoms with Gasteiger partial charge in [0.05, 0.1) is 0 Å². The lowest BCUT2D eigenvalue weighted by atomic mass is 10.3. The molecule has 14 heavy (non-hydrogen) atoms. The van der Waals surface area contributed by atoms with Gasteiger partial charge in [0.25, 0.3) is 0 Å². The largest absolute Gasteiger partial charge is 0.504 e. The maximum atomic E-state index is 9.46. The highest BCUT2D eigenvalue weighted by molar-refractivity contribution is 5.51. The molecule has 5 heteroatoms. The fourth-order valence-electron chi connectivity index (χ4n) is 1.38. The number of rotatable bonds is 3. The summed E-state index contributed by atoms with van der Waals surface area (Å²) in [6.07, 6.45) is 3.48. The number of hydrogen-bond donors (Lipinski definition) is 2. The third-order valence-electron chi connectivity index (χ3n) is 2.09. The van der Waals surface area contributed by atoms with E-state index in [-0.39, 0.29) is 5.75 Å². The molecule has 0 atom stereocenters. The number of aromatic nitrogens is 3. The molecule has 0 saturated heterocycles. The first-order valence-electron chi connectivity index (χ1n) is 4.54. The summed E-state index contributed by atoms with van der Waals surface area (Å²) in [5.41, 5.74) is 5.91. The van der Waals surface area contributed by atoms with Crippen LogP contribution in [0.5, 0.6) is 5.75 Å². The van der Waals surface area contributed by atoms with Crippen LogP contribution in [0.3, 0.4) is 0 Å². The topological polar surface area (TPSA) is 76.4 Å². The predicted molar refractivity (Wildman–Crippen MR) is 52.0 cm³/mol. The monoisotopic (exact) mass is 192 g/mol. The smallest absolute Gasteiger partial charge is 0.203 e. The maximum absolute atomic E-state index is 9.46. The Bertz CT molecular complexity index is 437. The average molecular weight is 192 g/mol. The molecule has 74 valence electrons. The Morgan fingerprint density at radius 1 is 1.43 bits per heavy atom. The number of fused-ring (bicyclic) bond motifs is 1. The molecule has 2 rings (SSSR count). The standard InChI is InChI=1S/C9H12N4O/c10-5-1-4-8-11-12-9-7(14)3-2-6-13(8)9/h2-3,6,14H,1,4-5,10H2. The van der Waals surface area contributed by atoms with Gasteiger partial charge in [0.2, 0.25) is 5.65 Å². The molecule has 5 nitrogen and oxygen atoms in total. The third kappa shape index (κ3) is 1.42. The first-order chi connectivity index (χ1) is 6.83. The molecule has 0 radical (unpaired) electrons. The van der Waals surface area contributed by atoms with Crippen molar-refractivity contribution in [3.63, 3.8) is 0 Å². The summed E-state index contributed by atoms with van der Waals surface area (Å²) < 4.78 is 1.78. The van der Waals surface area contributed by atoms with Crippen molar-refractivity contribution < 1.29 is 5.11 Å². The first-order valence-corrected chi connectivity index (χ1v) is 4.54. The molecule has 0 amide bonds. The highest BCUT2D eigenvalue weighted by atomic mass is 16.3. The number of aryl methyl sites for hydroxylation is 1. The van der Waals surface area contributed by atoms with E-state index in [9.17, 15) is 5.11 Å². The zero-order valence-electron chi connectivity index (χ0n) is 7.72. The van der Waals surface area contributed by atoms with Crippen molar-refractivity contribution in [3.8, 4) is 5.75 Å². The number of nitrogens with zero attached hydrogens (tertiary/aromatic N) is 3. The van der Waals surface area contributed by atoms with E-state index in [1.807, 2.05) is 6.20 Å². The molecule has 0 spiro atoms. The molecule has 2 aromatic heterocycles. The summed E-state index contributed by atoms with van der Waals surface area (Å²) in [5, 5.41) is 17.3. The van der Waals surface area contributed by atoms with Crippen molar-refractivity contribution in [2.75, 3.05) is 6.54 Å². The van der Waals surface area contributed by atoms with E-state index >= 15 is 0 Å². The molecule has 0 aliphatic heterocycles. The molecule has 0 unspecified atom stereocenters. The van der Waals surface area contributed by atoms with Gasteiger partial charge in [0, 0.05) is 12.6 Å². The van der Waals surface area contributed by atoms with Crippen molar-refractivity contribution >= 4 is 5.65 Å². The van der Waals surface area contributed by atoms with E-state index < -0.39 is 0 Å². The highest BCUT2D eigenvalue weighted by Crippen LogP contribution is 2.16. The highest BCUT2D eigenvalue weighted by Gasteiger charge is 2.06. The van der Waals surface area contributed by atoms with Gasteiger partial charge in [-0.05, 0) is 25.1 Å². The molecule has 0 fully saturated rings. The van der Waals surface area contributed by atoms with Gasteiger partial charge in [0.1, 0.15) is 5.82 Å². The summed E-state index contributed by atoms with van der Waals surface area (Å²) in [7, 11) is 0. The number of hydrogen-bond acceptors (Lipinski definition) is 4. The first kappa shape index (κ1) is 8.96.